The van der Waals surface area contributed by atoms with Crippen LogP contribution in [-0.4, -0.2) is 9.97 Å². The van der Waals surface area contributed by atoms with Gasteiger partial charge in [-0.2, -0.15) is 0 Å². The number of nitrogens with one attached hydrogen (secondary N) is 2. The molecule has 0 amide bonds. The van der Waals surface area contributed by atoms with E-state index >= 15 is 0 Å². The van der Waals surface area contributed by atoms with Crippen molar-refractivity contribution in [3.05, 3.63) is 96.1 Å². The van der Waals surface area contributed by atoms with Gasteiger partial charge >= 0.3 is 0 Å². The van der Waals surface area contributed by atoms with Crippen LogP contribution in [0.4, 0.5) is 22.7 Å². The third-order valence-electron chi connectivity index (χ3n) is 6.22. The van der Waals surface area contributed by atoms with E-state index in [0.717, 1.165) is 55.3 Å². The summed E-state index contributed by atoms with van der Waals surface area (Å²) in [6.45, 7) is 4.35. The number of rotatable bonds is 9. The van der Waals surface area contributed by atoms with Crippen LogP contribution < -0.4 is 10.6 Å². The predicted octanol–water partition coefficient (Wildman–Crippen LogP) is 10.3. The molecule has 2 heterocycles. The third kappa shape index (κ3) is 5.83. The van der Waals surface area contributed by atoms with Crippen molar-refractivity contribution in [3.63, 3.8) is 0 Å². The first-order valence-corrected chi connectivity index (χ1v) is 16.3. The number of fused-ring (bicyclic) bond motifs is 2. The van der Waals surface area contributed by atoms with Crippen LogP contribution in [-0.2, 0) is 12.8 Å². The molecule has 8 heteroatoms. The molecule has 0 unspecified atom stereocenters. The minimum absolute atomic E-state index is 1.02. The van der Waals surface area contributed by atoms with Crippen LogP contribution in [0.25, 0.3) is 20.4 Å². The summed E-state index contributed by atoms with van der Waals surface area (Å²) in [4.78, 5) is 9.65. The maximum Gasteiger partial charge on any atom is 0.162 e. The Bertz CT molecular complexity index is 1560. The van der Waals surface area contributed by atoms with Crippen molar-refractivity contribution in [1.82, 2.24) is 9.97 Å². The minimum atomic E-state index is 1.02. The number of aromatic nitrogens is 2. The number of hydrogen-bond donors (Lipinski definition) is 2. The quantitative estimate of drug-likeness (QED) is 0.169. The molecular weight excluding hydrogens is 545 g/mol. The zero-order valence-corrected chi connectivity index (χ0v) is 24.3. The van der Waals surface area contributed by atoms with Crippen molar-refractivity contribution in [2.75, 3.05) is 10.6 Å². The van der Waals surface area contributed by atoms with Crippen LogP contribution in [0.2, 0.25) is 0 Å². The molecule has 2 N–H and O–H groups in total. The maximum atomic E-state index is 4.83. The van der Waals surface area contributed by atoms with Gasteiger partial charge in [-0.25, -0.2) is 9.97 Å². The second-order valence-corrected chi connectivity index (χ2v) is 13.5. The lowest BCUT2D eigenvalue weighted by Crippen LogP contribution is -1.90. The molecule has 0 saturated carbocycles. The summed E-state index contributed by atoms with van der Waals surface area (Å²) in [5.41, 5.74) is 9.08. The van der Waals surface area contributed by atoms with Gasteiger partial charge in [0.15, 0.2) is 8.68 Å². The van der Waals surface area contributed by atoms with E-state index in [9.17, 15) is 0 Å². The lowest BCUT2D eigenvalue weighted by atomic mass is 10.1. The predicted molar refractivity (Wildman–Crippen MR) is 169 cm³/mol. The zero-order chi connectivity index (χ0) is 25.9. The van der Waals surface area contributed by atoms with Crippen molar-refractivity contribution in [2.24, 2.45) is 0 Å². The average Bonchev–Trinajstić information content (AvgIpc) is 3.55. The average molecular weight is 571 g/mol. The number of benzene rings is 4. The zero-order valence-electron chi connectivity index (χ0n) is 21.0. The summed E-state index contributed by atoms with van der Waals surface area (Å²) in [6, 6.07) is 29.9. The second kappa shape index (κ2) is 11.4. The van der Waals surface area contributed by atoms with Gasteiger partial charge in [0.1, 0.15) is 0 Å². The van der Waals surface area contributed by atoms with Gasteiger partial charge in [0.05, 0.1) is 20.4 Å². The number of anilines is 4. The van der Waals surface area contributed by atoms with E-state index in [2.05, 4.69) is 109 Å². The summed E-state index contributed by atoms with van der Waals surface area (Å²) in [5, 5.41) is 7.02. The van der Waals surface area contributed by atoms with Gasteiger partial charge in [0.2, 0.25) is 0 Å². The Balaban J connectivity index is 1.11. The summed E-state index contributed by atoms with van der Waals surface area (Å²) in [6.07, 6.45) is 2.10. The van der Waals surface area contributed by atoms with E-state index in [-0.39, 0.29) is 0 Å². The summed E-state index contributed by atoms with van der Waals surface area (Å²) < 4.78 is 4.42. The molecule has 6 rings (SSSR count). The van der Waals surface area contributed by atoms with E-state index in [1.54, 1.807) is 44.3 Å². The van der Waals surface area contributed by atoms with E-state index in [0.29, 0.717) is 0 Å². The van der Waals surface area contributed by atoms with Gasteiger partial charge in [-0.05, 0) is 106 Å². The first-order valence-electron chi connectivity index (χ1n) is 12.5. The van der Waals surface area contributed by atoms with E-state index in [1.165, 1.54) is 20.5 Å². The minimum Gasteiger partial charge on any atom is -0.355 e. The smallest absolute Gasteiger partial charge is 0.162 e. The highest BCUT2D eigenvalue weighted by molar-refractivity contribution is 8.77. The first-order chi connectivity index (χ1) is 18.6. The van der Waals surface area contributed by atoms with Crippen molar-refractivity contribution in [2.45, 2.75) is 35.4 Å². The maximum absolute atomic E-state index is 4.83. The number of nitrogens with zero attached hydrogens (tertiary/aromatic N) is 2. The largest absolute Gasteiger partial charge is 0.355 e. The standard InChI is InChI=1S/C30H26N4S4/c1-3-19-5-9-21(10-6-19)31-23-13-15-25-27(17-23)35-29(33-25)37-38-30-34-26-16-14-24(18-28(26)36-30)32-22-11-7-20(4-2)8-12-22/h5-18,31-32H,3-4H2,1-2H3. The van der Waals surface area contributed by atoms with Gasteiger partial charge in [-0.15, -0.1) is 22.7 Å². The van der Waals surface area contributed by atoms with Crippen LogP contribution in [0.5, 0.6) is 0 Å². The Morgan fingerprint density at radius 2 is 0.947 bits per heavy atom. The molecule has 0 bridgehead atoms. The van der Waals surface area contributed by atoms with Crippen molar-refractivity contribution in [3.8, 4) is 0 Å². The lowest BCUT2D eigenvalue weighted by Gasteiger charge is -2.07. The van der Waals surface area contributed by atoms with Gasteiger partial charge in [0.25, 0.3) is 0 Å². The molecule has 4 nitrogen and oxygen atoms in total. The highest BCUT2D eigenvalue weighted by Crippen LogP contribution is 2.44. The molecule has 0 aliphatic heterocycles. The third-order valence-corrected chi connectivity index (χ3v) is 11.2. The molecule has 0 saturated heterocycles. The van der Waals surface area contributed by atoms with E-state index < -0.39 is 0 Å². The van der Waals surface area contributed by atoms with Crippen molar-refractivity contribution in [1.29, 1.82) is 0 Å². The SMILES string of the molecule is CCc1ccc(Nc2ccc3nc(SSc4nc5ccc(Nc6ccc(CC)cc6)cc5s4)sc3c2)cc1. The Hall–Kier alpha value is -3.04. The molecule has 6 aromatic rings. The van der Waals surface area contributed by atoms with Crippen LogP contribution in [0, 0.1) is 0 Å². The summed E-state index contributed by atoms with van der Waals surface area (Å²) in [5.74, 6) is 0. The molecule has 190 valence electrons. The highest BCUT2D eigenvalue weighted by atomic mass is 33.1. The Kier molecular flexibility index (Phi) is 7.56. The van der Waals surface area contributed by atoms with Gasteiger partial charge < -0.3 is 10.6 Å². The van der Waals surface area contributed by atoms with Gasteiger partial charge in [-0.3, -0.25) is 0 Å². The second-order valence-electron chi connectivity index (χ2n) is 8.84. The monoisotopic (exact) mass is 570 g/mol. The molecule has 0 spiro atoms. The van der Waals surface area contributed by atoms with Crippen LogP contribution >= 0.6 is 44.3 Å². The highest BCUT2D eigenvalue weighted by Gasteiger charge is 2.11. The fourth-order valence-electron chi connectivity index (χ4n) is 4.09. The Labute approximate surface area is 238 Å². The van der Waals surface area contributed by atoms with Gasteiger partial charge in [0, 0.05) is 22.7 Å². The molecule has 0 aliphatic carbocycles. The number of aryl methyl sites for hydroxylation is 2. The molecule has 2 aromatic heterocycles. The molecule has 0 radical (unpaired) electrons. The summed E-state index contributed by atoms with van der Waals surface area (Å²) in [7, 11) is 3.35. The Morgan fingerprint density at radius 3 is 1.34 bits per heavy atom. The molecule has 0 aliphatic rings. The fraction of sp³-hybridized carbons (Fsp3) is 0.133. The summed E-state index contributed by atoms with van der Waals surface area (Å²) >= 11 is 3.44. The lowest BCUT2D eigenvalue weighted by molar-refractivity contribution is 1.14. The fourth-order valence-corrected chi connectivity index (χ4v) is 8.66. The Morgan fingerprint density at radius 1 is 0.553 bits per heavy atom. The molecule has 4 aromatic carbocycles. The van der Waals surface area contributed by atoms with Crippen LogP contribution in [0.1, 0.15) is 25.0 Å². The molecule has 38 heavy (non-hydrogen) atoms. The topological polar surface area (TPSA) is 49.8 Å². The molecule has 0 atom stereocenters. The van der Waals surface area contributed by atoms with Crippen molar-refractivity contribution < 1.29 is 0 Å². The normalized spacial score (nSPS) is 11.3. The van der Waals surface area contributed by atoms with Gasteiger partial charge in [-0.1, -0.05) is 38.1 Å². The number of thiazole rings is 2. The van der Waals surface area contributed by atoms with Crippen molar-refractivity contribution >= 4 is 87.4 Å². The molecule has 0 fully saturated rings. The van der Waals surface area contributed by atoms with E-state index in [1.807, 2.05) is 0 Å². The first kappa shape index (κ1) is 25.2. The van der Waals surface area contributed by atoms with Crippen LogP contribution in [0.3, 0.4) is 0 Å². The molecular formula is C30H26N4S4. The van der Waals surface area contributed by atoms with E-state index in [4.69, 9.17) is 9.97 Å². The number of hydrogen-bond acceptors (Lipinski definition) is 8. The van der Waals surface area contributed by atoms with Crippen LogP contribution in [0.15, 0.2) is 93.6 Å².